The lowest BCUT2D eigenvalue weighted by Gasteiger charge is -2.39. The van der Waals surface area contributed by atoms with Gasteiger partial charge in [0, 0.05) is 34.2 Å². The Morgan fingerprint density at radius 3 is 2.41 bits per heavy atom. The van der Waals surface area contributed by atoms with Gasteiger partial charge in [-0.1, -0.05) is 74.0 Å². The van der Waals surface area contributed by atoms with Crippen LogP contribution in [0.2, 0.25) is 10.0 Å². The van der Waals surface area contributed by atoms with Crippen LogP contribution in [0, 0.1) is 46.0 Å². The average Bonchev–Trinajstić information content (AvgIpc) is 3.21. The number of aliphatic hydroxyl groups is 1. The lowest BCUT2D eigenvalue weighted by Crippen LogP contribution is -2.46. The average molecular weight is 644 g/mol. The SMILES string of the molecule is COC(=O)c1ccc(C#CCN2C(CO)C(c3cccc(Cl)c3F)C(C#N)(c3ccc(Cl)cc3F)C2CC(C)(C)C)cc1F. The molecular formula is C34H31Cl2F3N2O3. The molecule has 1 aliphatic heterocycles. The molecule has 0 amide bonds. The quantitative estimate of drug-likeness (QED) is 0.226. The maximum Gasteiger partial charge on any atom is 0.340 e. The third kappa shape index (κ3) is 6.32. The molecular weight excluding hydrogens is 612 g/mol. The minimum absolute atomic E-state index is 0.0115. The highest BCUT2D eigenvalue weighted by Crippen LogP contribution is 2.56. The van der Waals surface area contributed by atoms with E-state index in [1.807, 2.05) is 20.8 Å². The zero-order valence-electron chi connectivity index (χ0n) is 24.6. The molecule has 0 radical (unpaired) electrons. The van der Waals surface area contributed by atoms with Crippen molar-refractivity contribution in [3.8, 4) is 17.9 Å². The summed E-state index contributed by atoms with van der Waals surface area (Å²) in [6, 6.07) is 13.0. The largest absolute Gasteiger partial charge is 0.465 e. The van der Waals surface area contributed by atoms with Crippen molar-refractivity contribution in [2.75, 3.05) is 20.3 Å². The summed E-state index contributed by atoms with van der Waals surface area (Å²) in [6.45, 7) is 5.34. The van der Waals surface area contributed by atoms with Crippen molar-refractivity contribution in [2.24, 2.45) is 5.41 Å². The summed E-state index contributed by atoms with van der Waals surface area (Å²) >= 11 is 12.3. The number of ether oxygens (including phenoxy) is 1. The number of esters is 1. The molecule has 0 aliphatic carbocycles. The van der Waals surface area contributed by atoms with Crippen LogP contribution in [0.3, 0.4) is 0 Å². The molecule has 230 valence electrons. The summed E-state index contributed by atoms with van der Waals surface area (Å²) in [5.74, 6) is 1.65. The summed E-state index contributed by atoms with van der Waals surface area (Å²) in [5, 5.41) is 21.8. The van der Waals surface area contributed by atoms with Crippen LogP contribution in [-0.4, -0.2) is 48.3 Å². The second-order valence-corrected chi connectivity index (χ2v) is 12.8. The number of nitriles is 1. The van der Waals surface area contributed by atoms with Gasteiger partial charge in [0.05, 0.1) is 36.9 Å². The van der Waals surface area contributed by atoms with E-state index in [0.717, 1.165) is 19.2 Å². The summed E-state index contributed by atoms with van der Waals surface area (Å²) in [7, 11) is 1.15. The van der Waals surface area contributed by atoms with E-state index in [1.165, 1.54) is 36.4 Å². The molecule has 4 rings (SSSR count). The van der Waals surface area contributed by atoms with E-state index in [1.54, 1.807) is 11.0 Å². The first-order valence-corrected chi connectivity index (χ1v) is 14.6. The molecule has 3 aromatic rings. The second kappa shape index (κ2) is 13.2. The molecule has 3 aromatic carbocycles. The van der Waals surface area contributed by atoms with Crippen LogP contribution < -0.4 is 0 Å². The van der Waals surface area contributed by atoms with Gasteiger partial charge in [0.2, 0.25) is 0 Å². The molecule has 0 saturated carbocycles. The number of likely N-dealkylation sites (tertiary alicyclic amines) is 1. The maximum absolute atomic E-state index is 15.9. The lowest BCUT2D eigenvalue weighted by atomic mass is 9.62. The Morgan fingerprint density at radius 2 is 1.82 bits per heavy atom. The van der Waals surface area contributed by atoms with Gasteiger partial charge in [0.15, 0.2) is 0 Å². The van der Waals surface area contributed by atoms with E-state index in [2.05, 4.69) is 22.6 Å². The molecule has 4 unspecified atom stereocenters. The number of rotatable bonds is 6. The Morgan fingerprint density at radius 1 is 1.09 bits per heavy atom. The fraction of sp³-hybridized carbons (Fsp3) is 0.353. The van der Waals surface area contributed by atoms with Crippen molar-refractivity contribution in [1.82, 2.24) is 4.90 Å². The van der Waals surface area contributed by atoms with Gasteiger partial charge in [-0.3, -0.25) is 4.90 Å². The number of hydrogen-bond donors (Lipinski definition) is 1. The summed E-state index contributed by atoms with van der Waals surface area (Å²) in [6.07, 6.45) is 0.335. The van der Waals surface area contributed by atoms with Crippen molar-refractivity contribution in [1.29, 1.82) is 5.26 Å². The van der Waals surface area contributed by atoms with Crippen LogP contribution in [0.15, 0.2) is 54.6 Å². The van der Waals surface area contributed by atoms with E-state index >= 15 is 8.78 Å². The molecule has 44 heavy (non-hydrogen) atoms. The molecule has 1 heterocycles. The Hall–Kier alpha value is -3.53. The van der Waals surface area contributed by atoms with Crippen molar-refractivity contribution in [3.05, 3.63) is 104 Å². The molecule has 4 atom stereocenters. The van der Waals surface area contributed by atoms with Gasteiger partial charge < -0.3 is 9.84 Å². The summed E-state index contributed by atoms with van der Waals surface area (Å²) in [5.41, 5.74) is -2.01. The first-order valence-electron chi connectivity index (χ1n) is 13.8. The first-order chi connectivity index (χ1) is 20.8. The number of hydrogen-bond acceptors (Lipinski definition) is 5. The number of aliphatic hydroxyl groups excluding tert-OH is 1. The number of carbonyl (C=O) groups is 1. The van der Waals surface area contributed by atoms with Crippen molar-refractivity contribution in [3.63, 3.8) is 0 Å². The summed E-state index contributed by atoms with van der Waals surface area (Å²) in [4.78, 5) is 13.6. The zero-order valence-corrected chi connectivity index (χ0v) is 26.1. The highest BCUT2D eigenvalue weighted by Gasteiger charge is 2.62. The molecule has 0 bridgehead atoms. The second-order valence-electron chi connectivity index (χ2n) is 11.9. The van der Waals surface area contributed by atoms with Crippen molar-refractivity contribution >= 4 is 29.2 Å². The van der Waals surface area contributed by atoms with E-state index < -0.39 is 58.9 Å². The molecule has 5 nitrogen and oxygen atoms in total. The van der Waals surface area contributed by atoms with Crippen LogP contribution in [-0.2, 0) is 10.2 Å². The summed E-state index contributed by atoms with van der Waals surface area (Å²) < 4.78 is 50.8. The molecule has 1 aliphatic rings. The first kappa shape index (κ1) is 33.4. The lowest BCUT2D eigenvalue weighted by molar-refractivity contribution is 0.0595. The van der Waals surface area contributed by atoms with Crippen LogP contribution in [0.5, 0.6) is 0 Å². The van der Waals surface area contributed by atoms with Crippen LogP contribution in [0.25, 0.3) is 0 Å². The Balaban J connectivity index is 1.93. The molecule has 1 N–H and O–H groups in total. The Labute approximate surface area is 265 Å². The predicted octanol–water partition coefficient (Wildman–Crippen LogP) is 7.28. The molecule has 0 aromatic heterocycles. The Bertz CT molecular complexity index is 1670. The van der Waals surface area contributed by atoms with Gasteiger partial charge in [-0.15, -0.1) is 0 Å². The maximum atomic E-state index is 15.9. The standard InChI is InChI=1S/C34H31Cl2F3N2O3/c1-33(2,3)17-29-34(19-40,24-13-11-21(35)16-27(24)38)30(23-8-5-9-25(36)31(23)39)28(18-42)41(29)14-6-7-20-10-12-22(26(37)15-20)32(43)44-4/h5,8-13,15-16,28-30,42H,14,17-18H2,1-4H3. The molecule has 1 fully saturated rings. The van der Waals surface area contributed by atoms with E-state index in [-0.39, 0.29) is 38.8 Å². The van der Waals surface area contributed by atoms with Crippen molar-refractivity contribution < 1.29 is 27.8 Å². The van der Waals surface area contributed by atoms with Crippen LogP contribution in [0.1, 0.15) is 60.2 Å². The zero-order chi connectivity index (χ0) is 32.4. The van der Waals surface area contributed by atoms with Gasteiger partial charge >= 0.3 is 5.97 Å². The number of benzene rings is 3. The third-order valence-electron chi connectivity index (χ3n) is 7.97. The molecule has 1 saturated heterocycles. The topological polar surface area (TPSA) is 73.6 Å². The minimum Gasteiger partial charge on any atom is -0.465 e. The van der Waals surface area contributed by atoms with Gasteiger partial charge in [0.25, 0.3) is 0 Å². The predicted molar refractivity (Wildman–Crippen MR) is 163 cm³/mol. The fourth-order valence-corrected chi connectivity index (χ4v) is 6.52. The Kier molecular flexibility index (Phi) is 10.0. The molecule has 10 heteroatoms. The van der Waals surface area contributed by atoms with E-state index in [9.17, 15) is 19.6 Å². The fourth-order valence-electron chi connectivity index (χ4n) is 6.18. The van der Waals surface area contributed by atoms with Gasteiger partial charge in [-0.25, -0.2) is 18.0 Å². The van der Waals surface area contributed by atoms with E-state index in [0.29, 0.717) is 6.42 Å². The normalized spacial score (nSPS) is 21.8. The van der Waals surface area contributed by atoms with Gasteiger partial charge in [-0.05, 0) is 53.8 Å². The smallest absolute Gasteiger partial charge is 0.340 e. The van der Waals surface area contributed by atoms with Gasteiger partial charge in [0.1, 0.15) is 22.9 Å². The van der Waals surface area contributed by atoms with E-state index in [4.69, 9.17) is 23.2 Å². The van der Waals surface area contributed by atoms with Crippen LogP contribution in [0.4, 0.5) is 13.2 Å². The van der Waals surface area contributed by atoms with Gasteiger partial charge in [-0.2, -0.15) is 5.26 Å². The minimum atomic E-state index is -1.71. The number of carbonyl (C=O) groups excluding carboxylic acids is 1. The number of methoxy groups -OCH3 is 1. The van der Waals surface area contributed by atoms with Crippen molar-refractivity contribution in [2.45, 2.75) is 50.6 Å². The third-order valence-corrected chi connectivity index (χ3v) is 8.49. The highest BCUT2D eigenvalue weighted by atomic mass is 35.5. The molecule has 0 spiro atoms. The van der Waals surface area contributed by atoms with Crippen LogP contribution >= 0.6 is 23.2 Å². The number of halogens is 5. The number of nitrogens with zero attached hydrogens (tertiary/aromatic N) is 2. The highest BCUT2D eigenvalue weighted by molar-refractivity contribution is 6.31. The monoisotopic (exact) mass is 642 g/mol.